The van der Waals surface area contributed by atoms with Crippen LogP contribution in [0.2, 0.25) is 5.02 Å². The van der Waals surface area contributed by atoms with E-state index in [0.29, 0.717) is 11.6 Å². The molecular formula is C15H14Cl2O2. The van der Waals surface area contributed by atoms with Crippen molar-refractivity contribution in [2.24, 2.45) is 0 Å². The molecule has 0 saturated carbocycles. The molecule has 3 rings (SSSR count). The largest absolute Gasteiger partial charge is 0.493 e. The van der Waals surface area contributed by atoms with Crippen molar-refractivity contribution in [3.8, 4) is 5.75 Å². The lowest BCUT2D eigenvalue weighted by molar-refractivity contribution is 0.352. The van der Waals surface area contributed by atoms with E-state index >= 15 is 0 Å². The number of furan rings is 1. The maximum absolute atomic E-state index is 6.53. The molecule has 2 heterocycles. The standard InChI is InChI=1S/C15H14Cl2O2/c1-2-11-3-4-13(19-11)14(17)12-8-10(16)7-9-5-6-18-15(9)12/h3-4,7-8,14H,2,5-6H2,1H3. The molecule has 1 aromatic carbocycles. The van der Waals surface area contributed by atoms with Crippen molar-refractivity contribution in [3.63, 3.8) is 0 Å². The first-order valence-corrected chi connectivity index (χ1v) is 7.18. The number of hydrogen-bond acceptors (Lipinski definition) is 2. The average Bonchev–Trinajstić information content (AvgIpc) is 3.04. The van der Waals surface area contributed by atoms with Gasteiger partial charge in [-0.05, 0) is 29.8 Å². The fourth-order valence-corrected chi connectivity index (χ4v) is 2.89. The SMILES string of the molecule is CCc1ccc(C(Cl)c2cc(Cl)cc3c2OCC3)o1. The van der Waals surface area contributed by atoms with Crippen LogP contribution in [0.1, 0.15) is 34.9 Å². The van der Waals surface area contributed by atoms with E-state index < -0.39 is 0 Å². The number of ether oxygens (including phenoxy) is 1. The molecule has 0 fully saturated rings. The predicted octanol–water partition coefficient (Wildman–Crippen LogP) is 4.76. The Morgan fingerprint density at radius 3 is 2.89 bits per heavy atom. The van der Waals surface area contributed by atoms with Gasteiger partial charge in [0.05, 0.1) is 6.61 Å². The zero-order valence-corrected chi connectivity index (χ0v) is 12.1. The fraction of sp³-hybridized carbons (Fsp3) is 0.333. The molecule has 0 bridgehead atoms. The van der Waals surface area contributed by atoms with Gasteiger partial charge in [-0.2, -0.15) is 0 Å². The Bertz CT molecular complexity index is 604. The average molecular weight is 297 g/mol. The third-order valence-corrected chi connectivity index (χ3v) is 4.00. The number of hydrogen-bond donors (Lipinski definition) is 0. The molecule has 19 heavy (non-hydrogen) atoms. The molecule has 4 heteroatoms. The first kappa shape index (κ1) is 12.9. The highest BCUT2D eigenvalue weighted by molar-refractivity contribution is 6.31. The molecule has 2 aromatic rings. The normalized spacial score (nSPS) is 15.1. The van der Waals surface area contributed by atoms with E-state index in [-0.39, 0.29) is 5.38 Å². The highest BCUT2D eigenvalue weighted by Gasteiger charge is 2.25. The first-order chi connectivity index (χ1) is 9.19. The molecule has 1 atom stereocenters. The zero-order chi connectivity index (χ0) is 13.4. The van der Waals surface area contributed by atoms with Crippen molar-refractivity contribution in [2.45, 2.75) is 25.1 Å². The summed E-state index contributed by atoms with van der Waals surface area (Å²) < 4.78 is 11.4. The Kier molecular flexibility index (Phi) is 3.46. The van der Waals surface area contributed by atoms with Crippen molar-refractivity contribution < 1.29 is 9.15 Å². The van der Waals surface area contributed by atoms with Crippen molar-refractivity contribution in [3.05, 3.63) is 51.9 Å². The minimum absolute atomic E-state index is 0.370. The Morgan fingerprint density at radius 1 is 1.32 bits per heavy atom. The summed E-state index contributed by atoms with van der Waals surface area (Å²) in [5.41, 5.74) is 2.01. The summed E-state index contributed by atoms with van der Waals surface area (Å²) >= 11 is 12.7. The highest BCUT2D eigenvalue weighted by Crippen LogP contribution is 2.41. The third kappa shape index (κ3) is 2.35. The second-order valence-corrected chi connectivity index (χ2v) is 5.47. The van der Waals surface area contributed by atoms with Crippen LogP contribution in [0.5, 0.6) is 5.75 Å². The maximum Gasteiger partial charge on any atom is 0.127 e. The van der Waals surface area contributed by atoms with Crippen molar-refractivity contribution in [2.75, 3.05) is 6.61 Å². The van der Waals surface area contributed by atoms with E-state index in [0.717, 1.165) is 41.2 Å². The molecule has 1 unspecified atom stereocenters. The Morgan fingerprint density at radius 2 is 2.16 bits per heavy atom. The summed E-state index contributed by atoms with van der Waals surface area (Å²) in [5, 5.41) is 0.318. The van der Waals surface area contributed by atoms with Crippen LogP contribution in [-0.4, -0.2) is 6.61 Å². The minimum Gasteiger partial charge on any atom is -0.493 e. The van der Waals surface area contributed by atoms with Gasteiger partial charge in [-0.3, -0.25) is 0 Å². The van der Waals surface area contributed by atoms with Crippen LogP contribution in [0.15, 0.2) is 28.7 Å². The molecule has 100 valence electrons. The van der Waals surface area contributed by atoms with E-state index in [4.69, 9.17) is 32.4 Å². The molecule has 0 N–H and O–H groups in total. The van der Waals surface area contributed by atoms with Gasteiger partial charge in [0.1, 0.15) is 22.6 Å². The van der Waals surface area contributed by atoms with Gasteiger partial charge in [0.15, 0.2) is 0 Å². The van der Waals surface area contributed by atoms with E-state index in [2.05, 4.69) is 0 Å². The molecule has 0 aliphatic carbocycles. The number of rotatable bonds is 3. The van der Waals surface area contributed by atoms with Crippen LogP contribution in [0.4, 0.5) is 0 Å². The maximum atomic E-state index is 6.53. The molecule has 2 nitrogen and oxygen atoms in total. The van der Waals surface area contributed by atoms with Gasteiger partial charge < -0.3 is 9.15 Å². The van der Waals surface area contributed by atoms with Crippen LogP contribution in [0.25, 0.3) is 0 Å². The molecule has 1 aliphatic heterocycles. The third-order valence-electron chi connectivity index (χ3n) is 3.33. The molecule has 0 saturated heterocycles. The lowest BCUT2D eigenvalue weighted by Gasteiger charge is -2.12. The Labute approximate surface area is 122 Å². The molecule has 0 spiro atoms. The second kappa shape index (κ2) is 5.10. The van der Waals surface area contributed by atoms with Gasteiger partial charge >= 0.3 is 0 Å². The Hall–Kier alpha value is -1.12. The fourth-order valence-electron chi connectivity index (χ4n) is 2.36. The quantitative estimate of drug-likeness (QED) is 0.762. The summed E-state index contributed by atoms with van der Waals surface area (Å²) in [7, 11) is 0. The van der Waals surface area contributed by atoms with Gasteiger partial charge in [-0.15, -0.1) is 11.6 Å². The van der Waals surface area contributed by atoms with Gasteiger partial charge in [0.25, 0.3) is 0 Å². The second-order valence-electron chi connectivity index (χ2n) is 4.60. The summed E-state index contributed by atoms with van der Waals surface area (Å²) in [6, 6.07) is 7.67. The smallest absolute Gasteiger partial charge is 0.127 e. The van der Waals surface area contributed by atoms with E-state index in [9.17, 15) is 0 Å². The molecule has 1 aliphatic rings. The molecule has 0 amide bonds. The lowest BCUT2D eigenvalue weighted by Crippen LogP contribution is -1.96. The van der Waals surface area contributed by atoms with E-state index in [1.165, 1.54) is 0 Å². The number of alkyl halides is 1. The number of aryl methyl sites for hydroxylation is 1. The minimum atomic E-state index is -0.370. The van der Waals surface area contributed by atoms with Gasteiger partial charge in [-0.1, -0.05) is 18.5 Å². The lowest BCUT2D eigenvalue weighted by atomic mass is 10.0. The monoisotopic (exact) mass is 296 g/mol. The van der Waals surface area contributed by atoms with Gasteiger partial charge in [0.2, 0.25) is 0 Å². The Balaban J connectivity index is 2.02. The summed E-state index contributed by atoms with van der Waals surface area (Å²) in [6.45, 7) is 2.73. The van der Waals surface area contributed by atoms with Gasteiger partial charge in [0, 0.05) is 23.4 Å². The topological polar surface area (TPSA) is 22.4 Å². The van der Waals surface area contributed by atoms with Crippen LogP contribution in [-0.2, 0) is 12.8 Å². The van der Waals surface area contributed by atoms with Crippen LogP contribution in [0, 0.1) is 0 Å². The van der Waals surface area contributed by atoms with Crippen molar-refractivity contribution >= 4 is 23.2 Å². The zero-order valence-electron chi connectivity index (χ0n) is 10.6. The molecular weight excluding hydrogens is 283 g/mol. The van der Waals surface area contributed by atoms with Gasteiger partial charge in [-0.25, -0.2) is 0 Å². The number of benzene rings is 1. The molecule has 1 aromatic heterocycles. The number of fused-ring (bicyclic) bond motifs is 1. The van der Waals surface area contributed by atoms with Crippen LogP contribution < -0.4 is 4.74 Å². The highest BCUT2D eigenvalue weighted by atomic mass is 35.5. The summed E-state index contributed by atoms with van der Waals surface area (Å²) in [5.74, 6) is 2.53. The van der Waals surface area contributed by atoms with Crippen molar-refractivity contribution in [1.82, 2.24) is 0 Å². The van der Waals surface area contributed by atoms with Crippen molar-refractivity contribution in [1.29, 1.82) is 0 Å². The predicted molar refractivity (Wildman–Crippen MR) is 76.4 cm³/mol. The van der Waals surface area contributed by atoms with E-state index in [1.807, 2.05) is 31.2 Å². The van der Waals surface area contributed by atoms with Crippen LogP contribution >= 0.6 is 23.2 Å². The summed E-state index contributed by atoms with van der Waals surface area (Å²) in [4.78, 5) is 0. The van der Waals surface area contributed by atoms with E-state index in [1.54, 1.807) is 0 Å². The number of halogens is 2. The van der Waals surface area contributed by atoms with Crippen LogP contribution in [0.3, 0.4) is 0 Å². The summed E-state index contributed by atoms with van der Waals surface area (Å²) in [6.07, 6.45) is 1.73. The molecule has 0 radical (unpaired) electrons. The first-order valence-electron chi connectivity index (χ1n) is 6.37.